The monoisotopic (exact) mass is 496 g/mol. The molecule has 9 nitrogen and oxygen atoms in total. The van der Waals surface area contributed by atoms with E-state index >= 15 is 0 Å². The van der Waals surface area contributed by atoms with Crippen LogP contribution >= 0.6 is 0 Å². The summed E-state index contributed by atoms with van der Waals surface area (Å²) in [5.74, 6) is 2.77. The van der Waals surface area contributed by atoms with Gasteiger partial charge in [-0.15, -0.1) is 0 Å². The number of nitrogens with zero attached hydrogens (tertiary/aromatic N) is 3. The quantitative estimate of drug-likeness (QED) is 0.393. The normalized spacial score (nSPS) is 16.6. The van der Waals surface area contributed by atoms with E-state index in [1.54, 1.807) is 12.0 Å². The van der Waals surface area contributed by atoms with Crippen LogP contribution in [-0.4, -0.2) is 35.0 Å². The molecule has 0 fully saturated rings. The van der Waals surface area contributed by atoms with Crippen molar-refractivity contribution in [3.8, 4) is 28.6 Å². The molecule has 1 aromatic heterocycles. The highest BCUT2D eigenvalue weighted by molar-refractivity contribution is 5.87. The van der Waals surface area contributed by atoms with Crippen LogP contribution in [0.4, 0.5) is 4.79 Å². The molecule has 6 rings (SSSR count). The molecular formula is C28H24N4O5. The first-order chi connectivity index (χ1) is 18.1. The summed E-state index contributed by atoms with van der Waals surface area (Å²) in [5.41, 5.74) is 4.06. The summed E-state index contributed by atoms with van der Waals surface area (Å²) < 4.78 is 22.0. The van der Waals surface area contributed by atoms with Gasteiger partial charge in [-0.1, -0.05) is 47.6 Å². The maximum atomic E-state index is 13.3. The van der Waals surface area contributed by atoms with E-state index < -0.39 is 6.04 Å². The largest absolute Gasteiger partial charge is 0.497 e. The summed E-state index contributed by atoms with van der Waals surface area (Å²) in [7, 11) is 1.62. The first-order valence-corrected chi connectivity index (χ1v) is 11.8. The Morgan fingerprint density at radius 1 is 1.03 bits per heavy atom. The molecule has 37 heavy (non-hydrogen) atoms. The Balaban J connectivity index is 1.42. The first-order valence-electron chi connectivity index (χ1n) is 11.8. The number of methoxy groups -OCH3 is 1. The third kappa shape index (κ3) is 4.24. The number of carbonyl (C=O) groups excluding carboxylic acids is 1. The lowest BCUT2D eigenvalue weighted by atomic mass is 9.94. The van der Waals surface area contributed by atoms with E-state index in [1.807, 2.05) is 79.7 Å². The Morgan fingerprint density at radius 3 is 2.59 bits per heavy atom. The van der Waals surface area contributed by atoms with Crippen molar-refractivity contribution in [2.24, 2.45) is 0 Å². The second-order valence-corrected chi connectivity index (χ2v) is 8.72. The molecule has 4 aromatic rings. The number of nitrogens with one attached hydrogen (secondary N) is 1. The number of urea groups is 1. The number of ether oxygens (including phenoxy) is 3. The Morgan fingerprint density at radius 2 is 1.81 bits per heavy atom. The van der Waals surface area contributed by atoms with Crippen LogP contribution < -0.4 is 19.5 Å². The van der Waals surface area contributed by atoms with E-state index in [9.17, 15) is 4.79 Å². The standard InChI is InChI=1S/C28H24N4O5/c1-17-24(27-30-26(31-37-27)20-10-13-22-23(14-20)36-16-35-22)25(19-8-11-21(34-2)12-9-19)29-28(33)32(17)15-18-6-4-3-5-7-18/h3-14,25H,15-16H2,1-2H3,(H,29,33). The Kier molecular flexibility index (Phi) is 5.72. The van der Waals surface area contributed by atoms with Gasteiger partial charge in [0.1, 0.15) is 5.75 Å². The number of aromatic nitrogens is 2. The van der Waals surface area contributed by atoms with Gasteiger partial charge in [-0.25, -0.2) is 4.79 Å². The van der Waals surface area contributed by atoms with Crippen LogP contribution in [0.15, 0.2) is 83.0 Å². The molecule has 186 valence electrons. The topological polar surface area (TPSA) is 99.0 Å². The highest BCUT2D eigenvalue weighted by Crippen LogP contribution is 2.39. The van der Waals surface area contributed by atoms with E-state index in [4.69, 9.17) is 23.7 Å². The van der Waals surface area contributed by atoms with Crippen molar-refractivity contribution in [1.82, 2.24) is 20.4 Å². The van der Waals surface area contributed by atoms with Gasteiger partial charge >= 0.3 is 6.03 Å². The molecule has 9 heteroatoms. The second-order valence-electron chi connectivity index (χ2n) is 8.72. The molecular weight excluding hydrogens is 472 g/mol. The van der Waals surface area contributed by atoms with Crippen molar-refractivity contribution >= 4 is 11.6 Å². The zero-order valence-electron chi connectivity index (χ0n) is 20.3. The van der Waals surface area contributed by atoms with Crippen molar-refractivity contribution in [3.05, 3.63) is 95.5 Å². The predicted octanol–water partition coefficient (Wildman–Crippen LogP) is 5.17. The molecule has 0 saturated carbocycles. The van der Waals surface area contributed by atoms with Crippen molar-refractivity contribution in [2.75, 3.05) is 13.9 Å². The van der Waals surface area contributed by atoms with Crippen molar-refractivity contribution in [1.29, 1.82) is 0 Å². The maximum Gasteiger partial charge on any atom is 0.322 e. The summed E-state index contributed by atoms with van der Waals surface area (Å²) in [4.78, 5) is 19.7. The summed E-state index contributed by atoms with van der Waals surface area (Å²) in [6.07, 6.45) is 0. The van der Waals surface area contributed by atoms with E-state index in [2.05, 4.69) is 10.5 Å². The van der Waals surface area contributed by atoms with Gasteiger partial charge in [-0.3, -0.25) is 4.90 Å². The van der Waals surface area contributed by atoms with E-state index in [-0.39, 0.29) is 12.8 Å². The minimum absolute atomic E-state index is 0.183. The Bertz CT molecular complexity index is 1480. The number of carbonyl (C=O) groups is 1. The number of rotatable bonds is 6. The van der Waals surface area contributed by atoms with Crippen LogP contribution in [0.1, 0.15) is 30.0 Å². The maximum absolute atomic E-state index is 13.3. The van der Waals surface area contributed by atoms with Crippen molar-refractivity contribution < 1.29 is 23.5 Å². The van der Waals surface area contributed by atoms with Crippen LogP contribution in [0.25, 0.3) is 17.0 Å². The van der Waals surface area contributed by atoms with Crippen LogP contribution in [0.2, 0.25) is 0 Å². The van der Waals surface area contributed by atoms with Gasteiger partial charge in [0.05, 0.1) is 25.3 Å². The number of amides is 2. The minimum Gasteiger partial charge on any atom is -0.497 e. The molecule has 0 bridgehead atoms. The highest BCUT2D eigenvalue weighted by Gasteiger charge is 2.36. The van der Waals surface area contributed by atoms with Gasteiger partial charge in [0, 0.05) is 11.3 Å². The summed E-state index contributed by atoms with van der Waals surface area (Å²) in [5, 5.41) is 7.36. The summed E-state index contributed by atoms with van der Waals surface area (Å²) in [6.45, 7) is 2.49. The van der Waals surface area contributed by atoms with Crippen LogP contribution in [-0.2, 0) is 6.54 Å². The number of hydrogen-bond acceptors (Lipinski definition) is 7. The summed E-state index contributed by atoms with van der Waals surface area (Å²) in [6, 6.07) is 22.2. The molecule has 1 unspecified atom stereocenters. The molecule has 2 amide bonds. The van der Waals surface area contributed by atoms with E-state index in [0.29, 0.717) is 29.8 Å². The Labute approximate surface area is 213 Å². The van der Waals surface area contributed by atoms with E-state index in [1.165, 1.54) is 0 Å². The van der Waals surface area contributed by atoms with Gasteiger partial charge in [-0.2, -0.15) is 4.98 Å². The van der Waals surface area contributed by atoms with Crippen LogP contribution in [0.5, 0.6) is 17.2 Å². The molecule has 1 N–H and O–H groups in total. The smallest absolute Gasteiger partial charge is 0.322 e. The lowest BCUT2D eigenvalue weighted by Crippen LogP contribution is -2.45. The minimum atomic E-state index is -0.490. The van der Waals surface area contributed by atoms with Gasteiger partial charge in [0.15, 0.2) is 11.5 Å². The number of fused-ring (bicyclic) bond motifs is 1. The molecule has 2 aliphatic rings. The van der Waals surface area contributed by atoms with Gasteiger partial charge in [0.25, 0.3) is 5.89 Å². The third-order valence-corrected chi connectivity index (χ3v) is 6.52. The SMILES string of the molecule is COc1ccc(C2NC(=O)N(Cc3ccccc3)C(C)=C2c2nc(-c3ccc4c(c3)OCO4)no2)cc1. The molecule has 0 spiro atoms. The van der Waals surface area contributed by atoms with Crippen molar-refractivity contribution in [2.45, 2.75) is 19.5 Å². The number of benzene rings is 3. The zero-order chi connectivity index (χ0) is 25.4. The molecule has 3 aromatic carbocycles. The number of hydrogen-bond donors (Lipinski definition) is 1. The highest BCUT2D eigenvalue weighted by atomic mass is 16.7. The molecule has 2 aliphatic heterocycles. The third-order valence-electron chi connectivity index (χ3n) is 6.52. The van der Waals surface area contributed by atoms with Gasteiger partial charge in [0.2, 0.25) is 12.6 Å². The Hall–Kier alpha value is -4.79. The second kappa shape index (κ2) is 9.34. The molecule has 1 atom stereocenters. The first kappa shape index (κ1) is 22.7. The lowest BCUT2D eigenvalue weighted by Gasteiger charge is -2.35. The predicted molar refractivity (Wildman–Crippen MR) is 135 cm³/mol. The van der Waals surface area contributed by atoms with Crippen LogP contribution in [0, 0.1) is 0 Å². The molecule has 0 aliphatic carbocycles. The average molecular weight is 497 g/mol. The molecule has 3 heterocycles. The number of allylic oxidation sites excluding steroid dienone is 1. The molecule has 0 saturated heterocycles. The van der Waals surface area contributed by atoms with Crippen LogP contribution in [0.3, 0.4) is 0 Å². The van der Waals surface area contributed by atoms with E-state index in [0.717, 1.165) is 33.7 Å². The fourth-order valence-corrected chi connectivity index (χ4v) is 4.55. The fraction of sp³-hybridized carbons (Fsp3) is 0.179. The molecule has 0 radical (unpaired) electrons. The fourth-order valence-electron chi connectivity index (χ4n) is 4.55. The average Bonchev–Trinajstić information content (AvgIpc) is 3.61. The lowest BCUT2D eigenvalue weighted by molar-refractivity contribution is 0.174. The van der Waals surface area contributed by atoms with Gasteiger partial charge < -0.3 is 24.1 Å². The zero-order valence-corrected chi connectivity index (χ0v) is 20.3. The van der Waals surface area contributed by atoms with Crippen molar-refractivity contribution in [3.63, 3.8) is 0 Å². The summed E-state index contributed by atoms with van der Waals surface area (Å²) >= 11 is 0. The van der Waals surface area contributed by atoms with Gasteiger partial charge in [-0.05, 0) is 48.4 Å².